The van der Waals surface area contributed by atoms with E-state index in [1.807, 2.05) is 18.3 Å². The van der Waals surface area contributed by atoms with Crippen molar-refractivity contribution in [2.45, 2.75) is 0 Å². The van der Waals surface area contributed by atoms with E-state index in [0.29, 0.717) is 0 Å². The van der Waals surface area contributed by atoms with Gasteiger partial charge in [-0.2, -0.15) is 0 Å². The van der Waals surface area contributed by atoms with Crippen LogP contribution in [-0.4, -0.2) is 11.0 Å². The molecular weight excluding hydrogens is 194 g/mol. The molecule has 6 nitrogen and oxygen atoms in total. The van der Waals surface area contributed by atoms with Crippen molar-refractivity contribution in [2.24, 2.45) is 11.7 Å². The third-order valence-corrected chi connectivity index (χ3v) is 1.72. The second kappa shape index (κ2) is 5.63. The van der Waals surface area contributed by atoms with Crippen LogP contribution in [0.5, 0.6) is 0 Å². The van der Waals surface area contributed by atoms with Gasteiger partial charge in [0.15, 0.2) is 0 Å². The molecule has 0 aliphatic carbocycles. The van der Waals surface area contributed by atoms with E-state index in [0.717, 1.165) is 0 Å². The van der Waals surface area contributed by atoms with Crippen LogP contribution in [0.25, 0.3) is 10.9 Å². The topological polar surface area (TPSA) is 109 Å². The molecule has 0 saturated carbocycles. The van der Waals surface area contributed by atoms with E-state index in [-0.39, 0.29) is 0 Å². The van der Waals surface area contributed by atoms with Crippen LogP contribution < -0.4 is 22.5 Å². The number of carbonyl (C=O) groups excluding carboxylic acids is 1. The molecule has 2 aromatic rings. The Bertz CT molecular complexity index is 389. The number of hydrazine groups is 2. The number of fused-ring (bicyclic) bond motifs is 1. The van der Waals surface area contributed by atoms with Crippen molar-refractivity contribution in [1.29, 1.82) is 0 Å². The summed E-state index contributed by atoms with van der Waals surface area (Å²) in [6.45, 7) is 0. The van der Waals surface area contributed by atoms with E-state index in [1.165, 1.54) is 10.9 Å². The predicted octanol–water partition coefficient (Wildman–Crippen LogP) is 0.201. The average molecular weight is 207 g/mol. The molecule has 0 unspecified atom stereocenters. The summed E-state index contributed by atoms with van der Waals surface area (Å²) >= 11 is 0. The molecule has 0 aliphatic heterocycles. The molecule has 0 bridgehead atoms. The highest BCUT2D eigenvalue weighted by Gasteiger charge is 1.86. The van der Waals surface area contributed by atoms with Crippen molar-refractivity contribution in [3.8, 4) is 0 Å². The lowest BCUT2D eigenvalue weighted by atomic mass is 10.3. The molecular formula is C9H13N5O. The maximum absolute atomic E-state index is 9.71. The maximum atomic E-state index is 9.71. The monoisotopic (exact) mass is 207 g/mol. The molecule has 0 saturated heterocycles. The van der Waals surface area contributed by atoms with Crippen molar-refractivity contribution in [1.82, 2.24) is 15.8 Å². The smallest absolute Gasteiger partial charge is 0.343 e. The zero-order valence-corrected chi connectivity index (χ0v) is 8.03. The van der Waals surface area contributed by atoms with Crippen molar-refractivity contribution >= 4 is 16.9 Å². The van der Waals surface area contributed by atoms with Crippen LogP contribution in [0.4, 0.5) is 4.79 Å². The van der Waals surface area contributed by atoms with Gasteiger partial charge in [0.05, 0.1) is 0 Å². The highest BCUT2D eigenvalue weighted by molar-refractivity contribution is 5.78. The summed E-state index contributed by atoms with van der Waals surface area (Å²) in [5.41, 5.74) is 4.69. The van der Waals surface area contributed by atoms with Gasteiger partial charge in [-0.15, -0.1) is 0 Å². The molecule has 2 rings (SSSR count). The molecule has 15 heavy (non-hydrogen) atoms. The lowest BCUT2D eigenvalue weighted by molar-refractivity contribution is 0.241. The first-order valence-corrected chi connectivity index (χ1v) is 4.27. The minimum Gasteiger partial charge on any atom is -0.361 e. The number of para-hydroxylation sites is 1. The zero-order valence-electron chi connectivity index (χ0n) is 8.03. The molecule has 0 fully saturated rings. The Morgan fingerprint density at radius 3 is 2.33 bits per heavy atom. The molecule has 2 amide bonds. The van der Waals surface area contributed by atoms with Gasteiger partial charge >= 0.3 is 6.03 Å². The largest absolute Gasteiger partial charge is 0.361 e. The summed E-state index contributed by atoms with van der Waals surface area (Å²) in [4.78, 5) is 12.8. The fraction of sp³-hybridized carbons (Fsp3) is 0. The quantitative estimate of drug-likeness (QED) is 0.242. The Morgan fingerprint density at radius 2 is 1.80 bits per heavy atom. The summed E-state index contributed by atoms with van der Waals surface area (Å²) in [5.74, 6) is 9.08. The van der Waals surface area contributed by atoms with E-state index in [4.69, 9.17) is 0 Å². The number of hydrogen-bond acceptors (Lipinski definition) is 3. The molecule has 1 aromatic carbocycles. The first-order valence-electron chi connectivity index (χ1n) is 4.27. The molecule has 0 atom stereocenters. The van der Waals surface area contributed by atoms with Crippen LogP contribution in [0.1, 0.15) is 0 Å². The second-order valence-electron chi connectivity index (χ2n) is 2.68. The molecule has 0 aliphatic rings. The predicted molar refractivity (Wildman–Crippen MR) is 58.3 cm³/mol. The maximum Gasteiger partial charge on any atom is 0.343 e. The number of amides is 2. The summed E-state index contributed by atoms with van der Waals surface area (Å²) in [6, 6.07) is 9.68. The minimum absolute atomic E-state index is 0.602. The number of nitrogens with one attached hydrogen (secondary N) is 3. The molecule has 1 aromatic heterocycles. The first kappa shape index (κ1) is 11.0. The Labute approximate surface area is 86.6 Å². The number of aromatic nitrogens is 1. The zero-order chi connectivity index (χ0) is 11.1. The normalized spacial score (nSPS) is 8.93. The van der Waals surface area contributed by atoms with Gasteiger partial charge in [-0.3, -0.25) is 10.9 Å². The second-order valence-corrected chi connectivity index (χ2v) is 2.68. The number of urea groups is 1. The minimum atomic E-state index is -0.602. The van der Waals surface area contributed by atoms with Crippen LogP contribution >= 0.6 is 0 Å². The number of carbonyl (C=O) groups is 1. The van der Waals surface area contributed by atoms with E-state index in [2.05, 4.69) is 34.9 Å². The van der Waals surface area contributed by atoms with Crippen molar-refractivity contribution in [2.75, 3.05) is 0 Å². The van der Waals surface area contributed by atoms with Gasteiger partial charge in [0.25, 0.3) is 0 Å². The van der Waals surface area contributed by atoms with E-state index >= 15 is 0 Å². The van der Waals surface area contributed by atoms with Gasteiger partial charge in [-0.25, -0.2) is 16.5 Å². The highest BCUT2D eigenvalue weighted by Crippen LogP contribution is 2.09. The van der Waals surface area contributed by atoms with Gasteiger partial charge in [0.1, 0.15) is 0 Å². The molecule has 0 spiro atoms. The molecule has 7 N–H and O–H groups in total. The third kappa shape index (κ3) is 3.29. The Kier molecular flexibility index (Phi) is 4.14. The number of H-pyrrole nitrogens is 1. The van der Waals surface area contributed by atoms with Gasteiger partial charge in [-0.1, -0.05) is 18.2 Å². The van der Waals surface area contributed by atoms with Gasteiger partial charge < -0.3 is 4.98 Å². The van der Waals surface area contributed by atoms with Crippen LogP contribution in [0.3, 0.4) is 0 Å². The van der Waals surface area contributed by atoms with Crippen molar-refractivity contribution in [3.05, 3.63) is 36.5 Å². The SMILES string of the molecule is NNC(=O)NN.c1ccc2[nH]ccc2c1. The van der Waals surface area contributed by atoms with Crippen molar-refractivity contribution in [3.63, 3.8) is 0 Å². The average Bonchev–Trinajstić information content (AvgIpc) is 2.76. The first-order chi connectivity index (χ1) is 7.27. The van der Waals surface area contributed by atoms with Crippen molar-refractivity contribution < 1.29 is 4.79 Å². The van der Waals surface area contributed by atoms with Gasteiger partial charge in [0, 0.05) is 11.7 Å². The van der Waals surface area contributed by atoms with Crippen LogP contribution in [0, 0.1) is 0 Å². The summed E-state index contributed by atoms with van der Waals surface area (Å²) in [6.07, 6.45) is 1.95. The molecule has 80 valence electrons. The number of benzene rings is 1. The van der Waals surface area contributed by atoms with Gasteiger partial charge in [-0.05, 0) is 17.5 Å². The fourth-order valence-corrected chi connectivity index (χ4v) is 1.04. The third-order valence-electron chi connectivity index (χ3n) is 1.72. The lowest BCUT2D eigenvalue weighted by Gasteiger charge is -1.90. The van der Waals surface area contributed by atoms with Crippen LogP contribution in [0.2, 0.25) is 0 Å². The Hall–Kier alpha value is -2.05. The summed E-state index contributed by atoms with van der Waals surface area (Å²) in [7, 11) is 0. The van der Waals surface area contributed by atoms with Crippen LogP contribution in [-0.2, 0) is 0 Å². The number of rotatable bonds is 0. The number of nitrogens with two attached hydrogens (primary N) is 2. The Balaban J connectivity index is 0.000000167. The van der Waals surface area contributed by atoms with E-state index < -0.39 is 6.03 Å². The van der Waals surface area contributed by atoms with E-state index in [1.54, 1.807) is 10.9 Å². The summed E-state index contributed by atoms with van der Waals surface area (Å²) < 4.78 is 0. The lowest BCUT2D eigenvalue weighted by Crippen LogP contribution is -2.43. The highest BCUT2D eigenvalue weighted by atomic mass is 16.2. The Morgan fingerprint density at radius 1 is 1.13 bits per heavy atom. The number of hydrogen-bond donors (Lipinski definition) is 5. The summed E-state index contributed by atoms with van der Waals surface area (Å²) in [5, 5.41) is 1.28. The molecule has 0 radical (unpaired) electrons. The molecule has 6 heteroatoms. The molecule has 1 heterocycles. The standard InChI is InChI=1S/C8H7N.CH6N4O/c1-2-4-8-7(3-1)5-6-9-8;2-4-1(6)5-3/h1-6,9H;2-3H2,(H2,4,5,6). The van der Waals surface area contributed by atoms with Gasteiger partial charge in [0.2, 0.25) is 0 Å². The fourth-order valence-electron chi connectivity index (χ4n) is 1.04. The van der Waals surface area contributed by atoms with E-state index in [9.17, 15) is 4.79 Å². The number of aromatic amines is 1. The van der Waals surface area contributed by atoms with Crippen LogP contribution in [0.15, 0.2) is 36.5 Å².